The molecule has 10 heteroatoms. The van der Waals surface area contributed by atoms with E-state index in [9.17, 15) is 22.7 Å². The van der Waals surface area contributed by atoms with Gasteiger partial charge in [0.1, 0.15) is 16.8 Å². The van der Waals surface area contributed by atoms with Crippen molar-refractivity contribution in [2.75, 3.05) is 0 Å². The van der Waals surface area contributed by atoms with Crippen LogP contribution in [0.5, 0.6) is 11.5 Å². The molecule has 0 amide bonds. The number of benzene rings is 2. The van der Waals surface area contributed by atoms with Crippen LogP contribution in [-0.2, 0) is 19.1 Å². The summed E-state index contributed by atoms with van der Waals surface area (Å²) in [6.45, 7) is 0. The maximum atomic E-state index is 13.2. The molecule has 3 unspecified atom stereocenters. The van der Waals surface area contributed by atoms with E-state index in [2.05, 4.69) is 0 Å². The number of hydrogen-bond donors (Lipinski definition) is 1. The zero-order chi connectivity index (χ0) is 20.8. The number of carboxylic acid groups (broad SMARTS) is 1. The van der Waals surface area contributed by atoms with Gasteiger partial charge in [-0.2, -0.15) is 8.42 Å². The molecule has 1 aliphatic heterocycles. The van der Waals surface area contributed by atoms with E-state index in [4.69, 9.17) is 25.3 Å². The van der Waals surface area contributed by atoms with Gasteiger partial charge in [-0.25, -0.2) is 13.4 Å². The SMILES string of the molecule is O=C(O)C(Oc1cccc2c1OC1CCCC21)OS(=O)(=O)c1ccc(F)cc1Cl. The van der Waals surface area contributed by atoms with E-state index < -0.39 is 38.1 Å². The van der Waals surface area contributed by atoms with Gasteiger partial charge in [-0.1, -0.05) is 23.7 Å². The summed E-state index contributed by atoms with van der Waals surface area (Å²) in [5.74, 6) is -1.73. The Labute approximate surface area is 171 Å². The normalized spacial score (nSPS) is 21.2. The van der Waals surface area contributed by atoms with Gasteiger partial charge in [-0.05, 0) is 43.5 Å². The first-order chi connectivity index (χ1) is 13.8. The molecule has 154 valence electrons. The van der Waals surface area contributed by atoms with E-state index in [-0.39, 0.29) is 17.8 Å². The number of hydrogen-bond acceptors (Lipinski definition) is 6. The molecule has 0 radical (unpaired) electrons. The highest BCUT2D eigenvalue weighted by atomic mass is 35.5. The van der Waals surface area contributed by atoms with Gasteiger partial charge in [0.05, 0.1) is 5.02 Å². The Hall–Kier alpha value is -2.36. The fourth-order valence-electron chi connectivity index (χ4n) is 3.69. The molecule has 3 atom stereocenters. The van der Waals surface area contributed by atoms with Crippen LogP contribution in [0.1, 0.15) is 30.7 Å². The number of aliphatic carboxylic acids is 1. The molecule has 4 rings (SSSR count). The Balaban J connectivity index is 1.60. The maximum Gasteiger partial charge on any atom is 0.375 e. The van der Waals surface area contributed by atoms with Crippen LogP contribution in [0.15, 0.2) is 41.3 Å². The van der Waals surface area contributed by atoms with Crippen LogP contribution in [0.2, 0.25) is 5.02 Å². The number of para-hydroxylation sites is 1. The lowest BCUT2D eigenvalue weighted by molar-refractivity contribution is -0.158. The van der Waals surface area contributed by atoms with E-state index in [0.717, 1.165) is 43.0 Å². The smallest absolute Gasteiger partial charge is 0.375 e. The lowest BCUT2D eigenvalue weighted by Crippen LogP contribution is -2.33. The molecule has 2 aliphatic rings. The van der Waals surface area contributed by atoms with Crippen LogP contribution >= 0.6 is 11.6 Å². The van der Waals surface area contributed by atoms with Crippen molar-refractivity contribution in [1.82, 2.24) is 0 Å². The Morgan fingerprint density at radius 3 is 2.79 bits per heavy atom. The van der Waals surface area contributed by atoms with E-state index in [1.54, 1.807) is 6.07 Å². The Bertz CT molecular complexity index is 1070. The highest BCUT2D eigenvalue weighted by molar-refractivity contribution is 7.87. The summed E-state index contributed by atoms with van der Waals surface area (Å²) in [5.41, 5.74) is 0.901. The number of halogens is 2. The van der Waals surface area contributed by atoms with E-state index in [1.165, 1.54) is 6.07 Å². The largest absolute Gasteiger partial charge is 0.486 e. The molecule has 29 heavy (non-hydrogen) atoms. The van der Waals surface area contributed by atoms with Gasteiger partial charge in [0, 0.05) is 11.5 Å². The number of carbonyl (C=O) groups is 1. The Morgan fingerprint density at radius 2 is 2.07 bits per heavy atom. The summed E-state index contributed by atoms with van der Waals surface area (Å²) in [6, 6.07) is 7.58. The van der Waals surface area contributed by atoms with Crippen LogP contribution < -0.4 is 9.47 Å². The first kappa shape index (κ1) is 19.9. The first-order valence-corrected chi connectivity index (χ1v) is 10.6. The van der Waals surface area contributed by atoms with Crippen molar-refractivity contribution >= 4 is 27.7 Å². The van der Waals surface area contributed by atoms with E-state index in [0.29, 0.717) is 5.75 Å². The van der Waals surface area contributed by atoms with Crippen LogP contribution in [-0.4, -0.2) is 31.9 Å². The average molecular weight is 443 g/mol. The second-order valence-corrected chi connectivity index (χ2v) is 8.73. The lowest BCUT2D eigenvalue weighted by atomic mass is 9.97. The van der Waals surface area contributed by atoms with Crippen molar-refractivity contribution in [3.63, 3.8) is 0 Å². The predicted octanol–water partition coefficient (Wildman–Crippen LogP) is 3.70. The van der Waals surface area contributed by atoms with Crippen LogP contribution in [0, 0.1) is 5.82 Å². The van der Waals surface area contributed by atoms with Gasteiger partial charge < -0.3 is 14.6 Å². The first-order valence-electron chi connectivity index (χ1n) is 8.83. The van der Waals surface area contributed by atoms with Gasteiger partial charge in [0.2, 0.25) is 0 Å². The number of ether oxygens (including phenoxy) is 2. The van der Waals surface area contributed by atoms with E-state index >= 15 is 0 Å². The molecule has 1 fully saturated rings. The topological polar surface area (TPSA) is 99.1 Å². The zero-order valence-electron chi connectivity index (χ0n) is 14.9. The van der Waals surface area contributed by atoms with E-state index in [1.807, 2.05) is 6.07 Å². The predicted molar refractivity (Wildman–Crippen MR) is 99.2 cm³/mol. The average Bonchev–Trinajstić information content (AvgIpc) is 3.22. The summed E-state index contributed by atoms with van der Waals surface area (Å²) in [7, 11) is -4.65. The number of rotatable bonds is 6. The monoisotopic (exact) mass is 442 g/mol. The second kappa shape index (κ2) is 7.47. The highest BCUT2D eigenvalue weighted by Gasteiger charge is 2.40. The molecular formula is C19H16ClFO7S. The molecule has 0 spiro atoms. The standard InChI is InChI=1S/C19H16ClFO7S/c20-13-9-10(21)7-8-16(13)29(24,25)28-19(18(22)23)27-15-6-2-4-12-11-3-1-5-14(11)26-17(12)15/h2,4,6-9,11,14,19H,1,3,5H2,(H,22,23). The third-order valence-corrected chi connectivity index (χ3v) is 6.69. The summed E-state index contributed by atoms with van der Waals surface area (Å²) in [6.07, 6.45) is 0.696. The molecule has 1 N–H and O–H groups in total. The molecular weight excluding hydrogens is 427 g/mol. The van der Waals surface area contributed by atoms with Crippen molar-refractivity contribution in [3.05, 3.63) is 52.8 Å². The Morgan fingerprint density at radius 1 is 1.28 bits per heavy atom. The minimum Gasteiger partial charge on any atom is -0.486 e. The van der Waals surface area contributed by atoms with Crippen LogP contribution in [0.25, 0.3) is 0 Å². The molecule has 0 bridgehead atoms. The van der Waals surface area contributed by atoms with Crippen molar-refractivity contribution in [3.8, 4) is 11.5 Å². The minimum absolute atomic E-state index is 0.000649. The van der Waals surface area contributed by atoms with Gasteiger partial charge in [-0.15, -0.1) is 0 Å². The van der Waals surface area contributed by atoms with Gasteiger partial charge in [0.25, 0.3) is 0 Å². The fourth-order valence-corrected chi connectivity index (χ4v) is 5.13. The number of carboxylic acids is 1. The molecule has 0 aromatic heterocycles. The fraction of sp³-hybridized carbons (Fsp3) is 0.316. The molecule has 7 nitrogen and oxygen atoms in total. The van der Waals surface area contributed by atoms with Crippen LogP contribution in [0.3, 0.4) is 0 Å². The minimum atomic E-state index is -4.65. The zero-order valence-corrected chi connectivity index (χ0v) is 16.5. The quantitative estimate of drug-likeness (QED) is 0.537. The van der Waals surface area contributed by atoms with Crippen molar-refractivity contribution in [1.29, 1.82) is 0 Å². The van der Waals surface area contributed by atoms with Crippen molar-refractivity contribution in [2.45, 2.75) is 42.5 Å². The summed E-state index contributed by atoms with van der Waals surface area (Å²) in [5, 5.41) is 8.98. The highest BCUT2D eigenvalue weighted by Crippen LogP contribution is 2.50. The third-order valence-electron chi connectivity index (χ3n) is 4.94. The van der Waals surface area contributed by atoms with Gasteiger partial charge in [0.15, 0.2) is 11.5 Å². The van der Waals surface area contributed by atoms with Crippen LogP contribution in [0.4, 0.5) is 4.39 Å². The van der Waals surface area contributed by atoms with Crippen molar-refractivity contribution in [2.24, 2.45) is 0 Å². The van der Waals surface area contributed by atoms with Gasteiger partial charge >= 0.3 is 22.4 Å². The molecule has 1 saturated carbocycles. The summed E-state index contributed by atoms with van der Waals surface area (Å²) >= 11 is 5.76. The summed E-state index contributed by atoms with van der Waals surface area (Å²) < 4.78 is 54.1. The molecule has 1 aliphatic carbocycles. The van der Waals surface area contributed by atoms with Crippen molar-refractivity contribution < 1.29 is 36.4 Å². The molecule has 0 saturated heterocycles. The maximum absolute atomic E-state index is 13.2. The number of fused-ring (bicyclic) bond motifs is 3. The summed E-state index contributed by atoms with van der Waals surface area (Å²) in [4.78, 5) is 11.0. The Kier molecular flexibility index (Phi) is 5.14. The molecule has 1 heterocycles. The molecule has 2 aromatic rings. The third kappa shape index (κ3) is 3.77. The second-order valence-electron chi connectivity index (χ2n) is 6.78. The lowest BCUT2D eigenvalue weighted by Gasteiger charge is -2.18. The molecule has 2 aromatic carbocycles. The van der Waals surface area contributed by atoms with Gasteiger partial charge in [-0.3, -0.25) is 0 Å².